The number of nitrogens with one attached hydrogen (secondary N) is 1. The van der Waals surface area contributed by atoms with Crippen LogP contribution in [-0.4, -0.2) is 51.4 Å². The van der Waals surface area contributed by atoms with Crippen LogP contribution in [0.4, 0.5) is 11.5 Å². The average Bonchev–Trinajstić information content (AvgIpc) is 3.20. The Morgan fingerprint density at radius 1 is 1.16 bits per heavy atom. The molecule has 1 atom stereocenters. The first-order valence-corrected chi connectivity index (χ1v) is 11.1. The van der Waals surface area contributed by atoms with Gasteiger partial charge in [0.15, 0.2) is 11.5 Å². The lowest BCUT2D eigenvalue weighted by atomic mass is 9.97. The number of rotatable bonds is 7. The summed E-state index contributed by atoms with van der Waals surface area (Å²) in [5, 5.41) is 15.7. The summed E-state index contributed by atoms with van der Waals surface area (Å²) in [6.07, 6.45) is 3.54. The van der Waals surface area contributed by atoms with Gasteiger partial charge < -0.3 is 15.0 Å². The van der Waals surface area contributed by atoms with Crippen molar-refractivity contribution in [1.82, 2.24) is 19.8 Å². The summed E-state index contributed by atoms with van der Waals surface area (Å²) in [7, 11) is 0. The number of ether oxygens (including phenoxy) is 1. The van der Waals surface area contributed by atoms with E-state index < -0.39 is 0 Å². The standard InChI is InChI=1S/C23H28N6O3/c1-3-4-14-32-23(31)17-7-9-19(10-8-17)24-22(30)18-6-5-13-28(15-18)21-12-11-20-26-25-16(2)29(20)27-21/h7-12,18H,3-6,13-15H2,1-2H3,(H,24,30)/t18-/m1/s1. The number of carbonyl (C=O) groups is 2. The smallest absolute Gasteiger partial charge is 0.338 e. The Kier molecular flexibility index (Phi) is 6.63. The summed E-state index contributed by atoms with van der Waals surface area (Å²) in [5.74, 6) is 1.01. The number of esters is 1. The van der Waals surface area contributed by atoms with Gasteiger partial charge in [0.2, 0.25) is 5.91 Å². The molecule has 168 valence electrons. The number of hydrogen-bond donors (Lipinski definition) is 1. The molecule has 1 aliphatic heterocycles. The first kappa shape index (κ1) is 21.7. The quantitative estimate of drug-likeness (QED) is 0.448. The molecule has 0 spiro atoms. The number of amides is 1. The zero-order chi connectivity index (χ0) is 22.5. The largest absolute Gasteiger partial charge is 0.462 e. The second-order valence-corrected chi connectivity index (χ2v) is 8.05. The molecule has 1 aliphatic rings. The van der Waals surface area contributed by atoms with Gasteiger partial charge >= 0.3 is 5.97 Å². The summed E-state index contributed by atoms with van der Waals surface area (Å²) >= 11 is 0. The lowest BCUT2D eigenvalue weighted by Gasteiger charge is -2.32. The summed E-state index contributed by atoms with van der Waals surface area (Å²) in [6, 6.07) is 10.6. The van der Waals surface area contributed by atoms with Gasteiger partial charge in [-0.15, -0.1) is 15.3 Å². The molecule has 0 unspecified atom stereocenters. The summed E-state index contributed by atoms with van der Waals surface area (Å²) in [4.78, 5) is 27.0. The van der Waals surface area contributed by atoms with Crippen molar-refractivity contribution in [3.05, 3.63) is 47.8 Å². The minimum Gasteiger partial charge on any atom is -0.462 e. The molecule has 0 saturated carbocycles. The third-order valence-electron chi connectivity index (χ3n) is 5.64. The fourth-order valence-corrected chi connectivity index (χ4v) is 3.78. The van der Waals surface area contributed by atoms with Crippen molar-refractivity contribution >= 4 is 29.0 Å². The topological polar surface area (TPSA) is 102 Å². The molecular formula is C23H28N6O3. The van der Waals surface area contributed by atoms with Gasteiger partial charge in [-0.05, 0) is 62.6 Å². The van der Waals surface area contributed by atoms with Crippen molar-refractivity contribution in [3.63, 3.8) is 0 Å². The van der Waals surface area contributed by atoms with Crippen LogP contribution in [0.5, 0.6) is 0 Å². The average molecular weight is 437 g/mol. The number of benzene rings is 1. The van der Waals surface area contributed by atoms with Crippen molar-refractivity contribution in [2.24, 2.45) is 5.92 Å². The minimum absolute atomic E-state index is 0.0328. The fraction of sp³-hybridized carbons (Fsp3) is 0.435. The Balaban J connectivity index is 1.36. The Labute approximate surface area is 186 Å². The van der Waals surface area contributed by atoms with E-state index >= 15 is 0 Å². The van der Waals surface area contributed by atoms with Gasteiger partial charge in [0, 0.05) is 18.8 Å². The van der Waals surface area contributed by atoms with Crippen LogP contribution < -0.4 is 10.2 Å². The predicted molar refractivity (Wildman–Crippen MR) is 121 cm³/mol. The molecule has 3 heterocycles. The van der Waals surface area contributed by atoms with E-state index in [1.165, 1.54) is 0 Å². The summed E-state index contributed by atoms with van der Waals surface area (Å²) in [5.41, 5.74) is 1.85. The van der Waals surface area contributed by atoms with Gasteiger partial charge in [0.1, 0.15) is 5.82 Å². The highest BCUT2D eigenvalue weighted by Crippen LogP contribution is 2.23. The lowest BCUT2D eigenvalue weighted by molar-refractivity contribution is -0.120. The Bertz CT molecular complexity index is 1090. The van der Waals surface area contributed by atoms with E-state index in [0.29, 0.717) is 30.0 Å². The van der Waals surface area contributed by atoms with Gasteiger partial charge in [0.25, 0.3) is 0 Å². The molecule has 0 bridgehead atoms. The number of piperidine rings is 1. The van der Waals surface area contributed by atoms with Crippen LogP contribution in [-0.2, 0) is 9.53 Å². The van der Waals surface area contributed by atoms with E-state index in [1.807, 2.05) is 26.0 Å². The zero-order valence-electron chi connectivity index (χ0n) is 18.5. The van der Waals surface area contributed by atoms with Crippen LogP contribution in [0.3, 0.4) is 0 Å². The third-order valence-corrected chi connectivity index (χ3v) is 5.64. The van der Waals surface area contributed by atoms with Crippen molar-refractivity contribution in [2.75, 3.05) is 29.9 Å². The second kappa shape index (κ2) is 9.76. The van der Waals surface area contributed by atoms with Gasteiger partial charge in [0.05, 0.1) is 18.1 Å². The Morgan fingerprint density at radius 2 is 1.97 bits per heavy atom. The van der Waals surface area contributed by atoms with Crippen LogP contribution in [0.2, 0.25) is 0 Å². The number of unbranched alkanes of at least 4 members (excludes halogenated alkanes) is 1. The highest BCUT2D eigenvalue weighted by atomic mass is 16.5. The first-order valence-electron chi connectivity index (χ1n) is 11.1. The van der Waals surface area contributed by atoms with Crippen molar-refractivity contribution in [3.8, 4) is 0 Å². The second-order valence-electron chi connectivity index (χ2n) is 8.05. The van der Waals surface area contributed by atoms with Crippen molar-refractivity contribution in [1.29, 1.82) is 0 Å². The molecule has 1 fully saturated rings. The van der Waals surface area contributed by atoms with E-state index in [1.54, 1.807) is 28.8 Å². The van der Waals surface area contributed by atoms with E-state index in [9.17, 15) is 9.59 Å². The maximum absolute atomic E-state index is 12.9. The molecule has 9 heteroatoms. The molecule has 1 aromatic carbocycles. The first-order chi connectivity index (χ1) is 15.5. The minimum atomic E-state index is -0.341. The van der Waals surface area contributed by atoms with Gasteiger partial charge in [-0.3, -0.25) is 4.79 Å². The zero-order valence-corrected chi connectivity index (χ0v) is 18.5. The predicted octanol–water partition coefficient (Wildman–Crippen LogP) is 3.24. The highest BCUT2D eigenvalue weighted by molar-refractivity contribution is 5.94. The molecule has 0 radical (unpaired) electrons. The molecule has 32 heavy (non-hydrogen) atoms. The summed E-state index contributed by atoms with van der Waals surface area (Å²) < 4.78 is 6.94. The van der Waals surface area contributed by atoms with E-state index in [2.05, 4.69) is 25.5 Å². The van der Waals surface area contributed by atoms with Crippen LogP contribution >= 0.6 is 0 Å². The SMILES string of the molecule is CCCCOC(=O)c1ccc(NC(=O)[C@@H]2CCCN(c3ccc4nnc(C)n4n3)C2)cc1. The Hall–Kier alpha value is -3.49. The number of anilines is 2. The molecule has 2 aromatic heterocycles. The van der Waals surface area contributed by atoms with E-state index in [-0.39, 0.29) is 17.8 Å². The number of nitrogens with zero attached hydrogens (tertiary/aromatic N) is 5. The van der Waals surface area contributed by atoms with Gasteiger partial charge in [-0.25, -0.2) is 4.79 Å². The normalized spacial score (nSPS) is 16.2. The number of fused-ring (bicyclic) bond motifs is 1. The summed E-state index contributed by atoms with van der Waals surface area (Å²) in [6.45, 7) is 5.76. The van der Waals surface area contributed by atoms with Crippen LogP contribution in [0, 0.1) is 12.8 Å². The van der Waals surface area contributed by atoms with Crippen LogP contribution in [0.15, 0.2) is 36.4 Å². The number of hydrogen-bond acceptors (Lipinski definition) is 7. The molecule has 9 nitrogen and oxygen atoms in total. The maximum atomic E-state index is 12.9. The Morgan fingerprint density at radius 3 is 2.75 bits per heavy atom. The monoisotopic (exact) mass is 436 g/mol. The number of carbonyl (C=O) groups excluding carboxylic acids is 2. The van der Waals surface area contributed by atoms with Crippen molar-refractivity contribution in [2.45, 2.75) is 39.5 Å². The highest BCUT2D eigenvalue weighted by Gasteiger charge is 2.27. The van der Waals surface area contributed by atoms with Gasteiger partial charge in [-0.2, -0.15) is 4.52 Å². The van der Waals surface area contributed by atoms with Gasteiger partial charge in [-0.1, -0.05) is 13.3 Å². The molecule has 1 N–H and O–H groups in total. The lowest BCUT2D eigenvalue weighted by Crippen LogP contribution is -2.41. The van der Waals surface area contributed by atoms with Crippen LogP contribution in [0.25, 0.3) is 5.65 Å². The number of aromatic nitrogens is 4. The molecule has 4 rings (SSSR count). The molecule has 3 aromatic rings. The fourth-order valence-electron chi connectivity index (χ4n) is 3.78. The molecule has 1 amide bonds. The molecular weight excluding hydrogens is 408 g/mol. The van der Waals surface area contributed by atoms with E-state index in [0.717, 1.165) is 43.9 Å². The molecule has 0 aliphatic carbocycles. The molecule has 1 saturated heterocycles. The van der Waals surface area contributed by atoms with Crippen LogP contribution in [0.1, 0.15) is 48.8 Å². The third kappa shape index (κ3) is 4.87. The number of aryl methyl sites for hydroxylation is 1. The van der Waals surface area contributed by atoms with Crippen molar-refractivity contribution < 1.29 is 14.3 Å². The van der Waals surface area contributed by atoms with E-state index in [4.69, 9.17) is 4.74 Å². The maximum Gasteiger partial charge on any atom is 0.338 e.